The maximum atomic E-state index is 11.6. The fourth-order valence-electron chi connectivity index (χ4n) is 1.68. The van der Waals surface area contributed by atoms with Crippen LogP contribution in [-0.4, -0.2) is 81.1 Å². The molecule has 1 rings (SSSR count). The number of nitrogens with zero attached hydrogens (tertiary/aromatic N) is 2. The lowest BCUT2D eigenvalue weighted by molar-refractivity contribution is -0.233. The normalized spacial score (nSPS) is 33.5. The molecule has 5 atom stereocenters. The van der Waals surface area contributed by atoms with Crippen LogP contribution in [0, 0.1) is 4.91 Å². The number of aliphatic hydroxyl groups is 4. The van der Waals surface area contributed by atoms with Gasteiger partial charge in [-0.1, -0.05) is 0 Å². The Hall–Kier alpha value is -1.04. The summed E-state index contributed by atoms with van der Waals surface area (Å²) < 4.78 is 5.03. The number of amides is 2. The molecule has 1 fully saturated rings. The lowest BCUT2D eigenvalue weighted by Gasteiger charge is -2.40. The second kappa shape index (κ2) is 7.67. The van der Waals surface area contributed by atoms with Gasteiger partial charge in [-0.05, 0) is 0 Å². The Morgan fingerprint density at radius 2 is 1.95 bits per heavy atom. The maximum Gasteiger partial charge on any atom is 0.342 e. The third-order valence-corrected chi connectivity index (χ3v) is 2.96. The van der Waals surface area contributed by atoms with Crippen LogP contribution >= 0.6 is 11.6 Å². The number of urea groups is 1. The van der Waals surface area contributed by atoms with Gasteiger partial charge in [-0.3, -0.25) is 0 Å². The highest BCUT2D eigenvalue weighted by molar-refractivity contribution is 6.18. The SMILES string of the molecule is O=NN(CCCl)C(=O)NC1O[C@H](CO)[C@@H](O)[C@H](O)[C@H]1O. The van der Waals surface area contributed by atoms with Crippen LogP contribution in [-0.2, 0) is 4.74 Å². The lowest BCUT2D eigenvalue weighted by Crippen LogP contribution is -2.64. The van der Waals surface area contributed by atoms with E-state index in [0.29, 0.717) is 5.01 Å². The largest absolute Gasteiger partial charge is 0.394 e. The monoisotopic (exact) mass is 313 g/mol. The van der Waals surface area contributed by atoms with E-state index < -0.39 is 43.3 Å². The molecule has 1 saturated heterocycles. The first-order valence-electron chi connectivity index (χ1n) is 5.74. The minimum Gasteiger partial charge on any atom is -0.394 e. The molecule has 1 aliphatic rings. The predicted molar refractivity (Wildman–Crippen MR) is 65.5 cm³/mol. The molecule has 0 spiro atoms. The van der Waals surface area contributed by atoms with E-state index in [0.717, 1.165) is 0 Å². The maximum absolute atomic E-state index is 11.6. The van der Waals surface area contributed by atoms with Crippen molar-refractivity contribution in [3.8, 4) is 0 Å². The van der Waals surface area contributed by atoms with E-state index >= 15 is 0 Å². The Balaban J connectivity index is 2.70. The van der Waals surface area contributed by atoms with E-state index in [1.807, 2.05) is 0 Å². The summed E-state index contributed by atoms with van der Waals surface area (Å²) in [4.78, 5) is 22.0. The molecule has 116 valence electrons. The molecule has 20 heavy (non-hydrogen) atoms. The molecule has 1 unspecified atom stereocenters. The fourth-order valence-corrected chi connectivity index (χ4v) is 1.84. The standard InChI is InChI=1S/C9H16ClN3O7/c10-1-2-13(12-19)9(18)11-8-7(17)6(16)5(15)4(3-14)20-8/h4-8,14-17H,1-3H2,(H,11,18)/t4-,5-,6+,7-,8?/m1/s1. The molecular weight excluding hydrogens is 298 g/mol. The molecule has 0 bridgehead atoms. The number of ether oxygens (including phenoxy) is 1. The molecule has 0 saturated carbocycles. The molecule has 0 aromatic carbocycles. The quantitative estimate of drug-likeness (QED) is 0.218. The molecule has 0 aromatic rings. The lowest BCUT2D eigenvalue weighted by atomic mass is 9.98. The number of alkyl halides is 1. The molecule has 0 radical (unpaired) electrons. The van der Waals surface area contributed by atoms with Crippen LogP contribution in [0.2, 0.25) is 0 Å². The number of hydrogen-bond donors (Lipinski definition) is 5. The second-order valence-corrected chi connectivity index (χ2v) is 4.47. The first-order valence-corrected chi connectivity index (χ1v) is 6.27. The van der Waals surface area contributed by atoms with Gasteiger partial charge in [0.25, 0.3) is 0 Å². The number of nitrogens with one attached hydrogen (secondary N) is 1. The Bertz CT molecular complexity index is 346. The van der Waals surface area contributed by atoms with Gasteiger partial charge in [0.15, 0.2) is 6.23 Å². The zero-order valence-corrected chi connectivity index (χ0v) is 11.0. The number of hydrogen-bond acceptors (Lipinski definition) is 8. The zero-order valence-electron chi connectivity index (χ0n) is 10.3. The van der Waals surface area contributed by atoms with E-state index in [4.69, 9.17) is 21.4 Å². The summed E-state index contributed by atoms with van der Waals surface area (Å²) >= 11 is 5.37. The highest BCUT2D eigenvalue weighted by atomic mass is 35.5. The molecular formula is C9H16ClN3O7. The molecule has 10 nitrogen and oxygen atoms in total. The van der Waals surface area contributed by atoms with Gasteiger partial charge in [0.1, 0.15) is 24.4 Å². The van der Waals surface area contributed by atoms with Crippen LogP contribution in [0.1, 0.15) is 0 Å². The van der Waals surface area contributed by atoms with Crippen molar-refractivity contribution in [2.24, 2.45) is 5.29 Å². The number of halogens is 1. The Morgan fingerprint density at radius 1 is 1.30 bits per heavy atom. The summed E-state index contributed by atoms with van der Waals surface area (Å²) in [6.07, 6.45) is -7.38. The van der Waals surface area contributed by atoms with Crippen molar-refractivity contribution in [3.63, 3.8) is 0 Å². The van der Waals surface area contributed by atoms with Gasteiger partial charge >= 0.3 is 6.03 Å². The van der Waals surface area contributed by atoms with Gasteiger partial charge in [0.05, 0.1) is 18.4 Å². The van der Waals surface area contributed by atoms with Crippen LogP contribution < -0.4 is 5.32 Å². The molecule has 0 aliphatic carbocycles. The van der Waals surface area contributed by atoms with Crippen molar-refractivity contribution < 1.29 is 30.0 Å². The van der Waals surface area contributed by atoms with E-state index in [1.54, 1.807) is 0 Å². The van der Waals surface area contributed by atoms with Crippen molar-refractivity contribution in [1.82, 2.24) is 10.3 Å². The fraction of sp³-hybridized carbons (Fsp3) is 0.889. The first kappa shape index (κ1) is 17.0. The number of aliphatic hydroxyl groups excluding tert-OH is 4. The summed E-state index contributed by atoms with van der Waals surface area (Å²) in [6.45, 7) is -0.789. The smallest absolute Gasteiger partial charge is 0.342 e. The molecule has 5 N–H and O–H groups in total. The third kappa shape index (κ3) is 3.75. The minimum absolute atomic E-state index is 0.0339. The highest BCUT2D eigenvalue weighted by Gasteiger charge is 2.44. The molecule has 1 aliphatic heterocycles. The Kier molecular flexibility index (Phi) is 6.52. The summed E-state index contributed by atoms with van der Waals surface area (Å²) in [6, 6.07) is -0.995. The first-order chi connectivity index (χ1) is 9.46. The molecule has 2 amide bonds. The van der Waals surface area contributed by atoms with Crippen LogP contribution in [0.5, 0.6) is 0 Å². The van der Waals surface area contributed by atoms with Gasteiger partial charge < -0.3 is 30.5 Å². The van der Waals surface area contributed by atoms with Crippen molar-refractivity contribution in [1.29, 1.82) is 0 Å². The summed E-state index contributed by atoms with van der Waals surface area (Å²) in [5.41, 5.74) is 0. The van der Waals surface area contributed by atoms with Crippen molar-refractivity contribution in [3.05, 3.63) is 4.91 Å². The van der Waals surface area contributed by atoms with Crippen LogP contribution in [0.3, 0.4) is 0 Å². The van der Waals surface area contributed by atoms with E-state index in [1.165, 1.54) is 0 Å². The zero-order chi connectivity index (χ0) is 15.3. The minimum atomic E-state index is -1.64. The summed E-state index contributed by atoms with van der Waals surface area (Å²) in [5, 5.41) is 42.7. The predicted octanol–water partition coefficient (Wildman–Crippen LogP) is -2.28. The van der Waals surface area contributed by atoms with Crippen LogP contribution in [0.25, 0.3) is 0 Å². The number of carbonyl (C=O) groups excluding carboxylic acids is 1. The van der Waals surface area contributed by atoms with E-state index in [9.17, 15) is 25.0 Å². The molecule has 11 heteroatoms. The van der Waals surface area contributed by atoms with Gasteiger partial charge in [-0.25, -0.2) is 4.79 Å². The topological polar surface area (TPSA) is 152 Å². The second-order valence-electron chi connectivity index (χ2n) is 4.09. The van der Waals surface area contributed by atoms with E-state index in [2.05, 4.69) is 10.6 Å². The highest BCUT2D eigenvalue weighted by Crippen LogP contribution is 2.19. The van der Waals surface area contributed by atoms with Crippen molar-refractivity contribution in [2.45, 2.75) is 30.6 Å². The number of carbonyl (C=O) groups is 1. The Labute approximate surface area is 118 Å². The average molecular weight is 314 g/mol. The van der Waals surface area contributed by atoms with Crippen molar-refractivity contribution in [2.75, 3.05) is 19.0 Å². The number of rotatable bonds is 5. The van der Waals surface area contributed by atoms with Gasteiger partial charge in [0, 0.05) is 5.88 Å². The summed E-state index contributed by atoms with van der Waals surface area (Å²) in [7, 11) is 0. The Morgan fingerprint density at radius 3 is 2.45 bits per heavy atom. The molecule has 1 heterocycles. The van der Waals surface area contributed by atoms with Gasteiger partial charge in [-0.2, -0.15) is 5.01 Å². The third-order valence-electron chi connectivity index (χ3n) is 2.79. The van der Waals surface area contributed by atoms with E-state index in [-0.39, 0.29) is 12.4 Å². The van der Waals surface area contributed by atoms with Gasteiger partial charge in [-0.15, -0.1) is 16.5 Å². The molecule has 0 aromatic heterocycles. The number of nitroso groups, excluding NO2 is 1. The average Bonchev–Trinajstić information content (AvgIpc) is 2.45. The van der Waals surface area contributed by atoms with Crippen LogP contribution in [0.4, 0.5) is 4.79 Å². The van der Waals surface area contributed by atoms with Crippen molar-refractivity contribution >= 4 is 17.6 Å². The van der Waals surface area contributed by atoms with Crippen LogP contribution in [0.15, 0.2) is 5.29 Å². The summed E-state index contributed by atoms with van der Waals surface area (Å²) in [5.74, 6) is -0.0339. The van der Waals surface area contributed by atoms with Gasteiger partial charge in [0.2, 0.25) is 0 Å².